The molecule has 3 rings (SSSR count). The van der Waals surface area contributed by atoms with Gasteiger partial charge in [-0.3, -0.25) is 25.0 Å². The highest BCUT2D eigenvalue weighted by Gasteiger charge is 2.19. The molecule has 0 aliphatic rings. The van der Waals surface area contributed by atoms with E-state index in [0.717, 1.165) is 23.9 Å². The molecule has 0 radical (unpaired) electrons. The number of rotatable bonds is 5. The van der Waals surface area contributed by atoms with Gasteiger partial charge >= 0.3 is 5.97 Å². The third-order valence-electron chi connectivity index (χ3n) is 3.74. The number of nitro benzene ring substituents is 1. The second-order valence-electron chi connectivity index (χ2n) is 5.85. The number of nitrogens with zero attached hydrogens (tertiary/aromatic N) is 2. The van der Waals surface area contributed by atoms with Crippen LogP contribution in [0.5, 0.6) is 0 Å². The minimum Gasteiger partial charge on any atom is -0.465 e. The number of hydrogen-bond donors (Lipinski definition) is 2. The largest absolute Gasteiger partial charge is 0.465 e. The number of amides is 2. The number of aromatic nitrogens is 1. The van der Waals surface area contributed by atoms with E-state index in [4.69, 9.17) is 0 Å². The zero-order chi connectivity index (χ0) is 21.1. The Morgan fingerprint density at radius 2 is 1.83 bits per heavy atom. The van der Waals surface area contributed by atoms with Crippen LogP contribution in [0.2, 0.25) is 0 Å². The van der Waals surface area contributed by atoms with Crippen LogP contribution in [0.4, 0.5) is 16.5 Å². The topological polar surface area (TPSA) is 141 Å². The van der Waals surface area contributed by atoms with Gasteiger partial charge in [-0.2, -0.15) is 0 Å². The van der Waals surface area contributed by atoms with E-state index >= 15 is 0 Å². The Hall–Kier alpha value is -3.86. The molecule has 0 unspecified atom stereocenters. The number of hydrogen-bond acceptors (Lipinski definition) is 8. The summed E-state index contributed by atoms with van der Waals surface area (Å²) in [6, 6.07) is 8.38. The molecule has 3 aromatic rings. The molecule has 0 aliphatic heterocycles. The number of nitrogens with one attached hydrogen (secondary N) is 2. The second kappa shape index (κ2) is 8.02. The van der Waals surface area contributed by atoms with Gasteiger partial charge in [0, 0.05) is 30.3 Å². The summed E-state index contributed by atoms with van der Waals surface area (Å²) < 4.78 is 5.29. The van der Waals surface area contributed by atoms with E-state index in [1.165, 1.54) is 24.3 Å². The predicted molar refractivity (Wildman–Crippen MR) is 106 cm³/mol. The summed E-state index contributed by atoms with van der Waals surface area (Å²) in [4.78, 5) is 50.1. The number of esters is 1. The van der Waals surface area contributed by atoms with E-state index < -0.39 is 22.5 Å². The fourth-order valence-corrected chi connectivity index (χ4v) is 3.41. The lowest BCUT2D eigenvalue weighted by Crippen LogP contribution is -2.13. The van der Waals surface area contributed by atoms with Crippen molar-refractivity contribution in [3.8, 4) is 0 Å². The smallest absolute Gasteiger partial charge is 0.338 e. The van der Waals surface area contributed by atoms with Gasteiger partial charge in [-0.05, 0) is 24.3 Å². The molecule has 0 fully saturated rings. The molecule has 29 heavy (non-hydrogen) atoms. The summed E-state index contributed by atoms with van der Waals surface area (Å²) in [6.45, 7) is 1.39. The molecule has 11 heteroatoms. The summed E-state index contributed by atoms with van der Waals surface area (Å²) in [5.74, 6) is -1.68. The zero-order valence-corrected chi connectivity index (χ0v) is 16.0. The molecule has 2 aromatic carbocycles. The molecule has 2 N–H and O–H groups in total. The van der Waals surface area contributed by atoms with Gasteiger partial charge < -0.3 is 10.1 Å². The fraction of sp³-hybridized carbons (Fsp3) is 0.111. The van der Waals surface area contributed by atoms with Crippen molar-refractivity contribution in [2.75, 3.05) is 17.7 Å². The Kier molecular flexibility index (Phi) is 5.50. The fourth-order valence-electron chi connectivity index (χ4n) is 2.51. The molecule has 0 saturated heterocycles. The summed E-state index contributed by atoms with van der Waals surface area (Å²) in [5.41, 5.74) is 0.581. The van der Waals surface area contributed by atoms with Crippen LogP contribution in [-0.4, -0.2) is 34.8 Å². The Bertz CT molecular complexity index is 1160. The molecule has 1 aromatic heterocycles. The average Bonchev–Trinajstić information content (AvgIpc) is 3.07. The first-order valence-electron chi connectivity index (χ1n) is 8.14. The highest BCUT2D eigenvalue weighted by atomic mass is 32.1. The van der Waals surface area contributed by atoms with Crippen molar-refractivity contribution in [2.45, 2.75) is 6.92 Å². The van der Waals surface area contributed by atoms with Crippen LogP contribution in [0.1, 0.15) is 27.6 Å². The Morgan fingerprint density at radius 1 is 1.10 bits per heavy atom. The van der Waals surface area contributed by atoms with E-state index in [0.29, 0.717) is 11.2 Å². The maximum atomic E-state index is 12.6. The lowest BCUT2D eigenvalue weighted by atomic mass is 10.1. The number of nitro groups is 1. The lowest BCUT2D eigenvalue weighted by molar-refractivity contribution is -0.384. The SMILES string of the molecule is COC(=O)c1cc(C(=O)Nc2nc3ccc(NC(C)=O)cc3s2)cc([N+](=O)[O-])c1. The molecule has 0 spiro atoms. The molecule has 10 nitrogen and oxygen atoms in total. The molecular formula is C18H14N4O6S. The third-order valence-corrected chi connectivity index (χ3v) is 4.67. The van der Waals surface area contributed by atoms with Gasteiger partial charge in [0.05, 0.1) is 27.8 Å². The van der Waals surface area contributed by atoms with Crippen LogP contribution in [0.3, 0.4) is 0 Å². The number of carbonyl (C=O) groups excluding carboxylic acids is 3. The summed E-state index contributed by atoms with van der Waals surface area (Å²) >= 11 is 1.17. The Morgan fingerprint density at radius 3 is 2.48 bits per heavy atom. The van der Waals surface area contributed by atoms with E-state index in [9.17, 15) is 24.5 Å². The van der Waals surface area contributed by atoms with Crippen LogP contribution in [0.25, 0.3) is 10.2 Å². The van der Waals surface area contributed by atoms with Crippen LogP contribution in [0.15, 0.2) is 36.4 Å². The molecule has 0 atom stereocenters. The standard InChI is InChI=1S/C18H14N4O6S/c1-9(23)19-12-3-4-14-15(8-12)29-18(20-14)21-16(24)10-5-11(17(25)28-2)7-13(6-10)22(26)27/h3-8H,1-2H3,(H,19,23)(H,20,21,24). The van der Waals surface area contributed by atoms with Crippen molar-refractivity contribution < 1.29 is 24.0 Å². The van der Waals surface area contributed by atoms with Gasteiger partial charge in [0.25, 0.3) is 11.6 Å². The quantitative estimate of drug-likeness (QED) is 0.371. The molecule has 0 aliphatic carbocycles. The van der Waals surface area contributed by atoms with Gasteiger partial charge in [0.2, 0.25) is 5.91 Å². The van der Waals surface area contributed by atoms with Gasteiger partial charge in [-0.25, -0.2) is 9.78 Å². The van der Waals surface area contributed by atoms with Crippen LogP contribution >= 0.6 is 11.3 Å². The maximum absolute atomic E-state index is 12.6. The number of benzene rings is 2. The predicted octanol–water partition coefficient (Wildman–Crippen LogP) is 3.20. The first kappa shape index (κ1) is 19.9. The first-order valence-corrected chi connectivity index (χ1v) is 8.96. The number of carbonyl (C=O) groups is 3. The molecule has 0 saturated carbocycles. The highest BCUT2D eigenvalue weighted by Crippen LogP contribution is 2.29. The summed E-state index contributed by atoms with van der Waals surface area (Å²) in [6.07, 6.45) is 0. The minimum atomic E-state index is -0.798. The lowest BCUT2D eigenvalue weighted by Gasteiger charge is -2.05. The maximum Gasteiger partial charge on any atom is 0.338 e. The number of ether oxygens (including phenoxy) is 1. The van der Waals surface area contributed by atoms with Crippen molar-refractivity contribution in [1.82, 2.24) is 4.98 Å². The molecular weight excluding hydrogens is 400 g/mol. The number of fused-ring (bicyclic) bond motifs is 1. The highest BCUT2D eigenvalue weighted by molar-refractivity contribution is 7.22. The zero-order valence-electron chi connectivity index (χ0n) is 15.2. The van der Waals surface area contributed by atoms with Crippen molar-refractivity contribution in [2.24, 2.45) is 0 Å². The van der Waals surface area contributed by atoms with Gasteiger partial charge in [-0.1, -0.05) is 11.3 Å². The second-order valence-corrected chi connectivity index (χ2v) is 6.88. The van der Waals surface area contributed by atoms with E-state index in [1.807, 2.05) is 0 Å². The minimum absolute atomic E-state index is 0.0854. The monoisotopic (exact) mass is 414 g/mol. The van der Waals surface area contributed by atoms with E-state index in [2.05, 4.69) is 20.4 Å². The molecule has 1 heterocycles. The first-order chi connectivity index (χ1) is 13.8. The van der Waals surface area contributed by atoms with Crippen molar-refractivity contribution in [3.63, 3.8) is 0 Å². The summed E-state index contributed by atoms with van der Waals surface area (Å²) in [7, 11) is 1.14. The van der Waals surface area contributed by atoms with E-state index in [1.54, 1.807) is 18.2 Å². The average molecular weight is 414 g/mol. The van der Waals surface area contributed by atoms with Crippen molar-refractivity contribution >= 4 is 55.8 Å². The van der Waals surface area contributed by atoms with Crippen LogP contribution in [-0.2, 0) is 9.53 Å². The number of methoxy groups -OCH3 is 1. The van der Waals surface area contributed by atoms with Crippen LogP contribution < -0.4 is 10.6 Å². The Labute approximate surface area is 167 Å². The molecule has 148 valence electrons. The van der Waals surface area contributed by atoms with Gasteiger partial charge in [0.1, 0.15) is 0 Å². The van der Waals surface area contributed by atoms with E-state index in [-0.39, 0.29) is 22.2 Å². The normalized spacial score (nSPS) is 10.4. The number of thiazole rings is 1. The Balaban J connectivity index is 1.89. The van der Waals surface area contributed by atoms with Gasteiger partial charge in [0.15, 0.2) is 5.13 Å². The third kappa shape index (κ3) is 4.52. The summed E-state index contributed by atoms with van der Waals surface area (Å²) in [5, 5.41) is 16.6. The number of anilines is 2. The van der Waals surface area contributed by atoms with Crippen LogP contribution in [0, 0.1) is 10.1 Å². The van der Waals surface area contributed by atoms with Gasteiger partial charge in [-0.15, -0.1) is 0 Å². The number of non-ortho nitro benzene ring substituents is 1. The molecule has 0 bridgehead atoms. The van der Waals surface area contributed by atoms with Crippen molar-refractivity contribution in [3.05, 3.63) is 57.6 Å². The van der Waals surface area contributed by atoms with Crippen molar-refractivity contribution in [1.29, 1.82) is 0 Å². The molecule has 2 amide bonds.